The number of rotatable bonds is 3. The highest BCUT2D eigenvalue weighted by Gasteiger charge is 2.27. The van der Waals surface area contributed by atoms with Gasteiger partial charge in [0, 0.05) is 38.6 Å². The minimum atomic E-state index is -0.964. The summed E-state index contributed by atoms with van der Waals surface area (Å²) in [7, 11) is 0. The van der Waals surface area contributed by atoms with Crippen molar-refractivity contribution in [2.75, 3.05) is 31.1 Å². The van der Waals surface area contributed by atoms with Crippen LogP contribution in [0, 0.1) is 0 Å². The summed E-state index contributed by atoms with van der Waals surface area (Å²) in [5.41, 5.74) is -0.503. The van der Waals surface area contributed by atoms with E-state index >= 15 is 0 Å². The molecule has 128 valence electrons. The van der Waals surface area contributed by atoms with Crippen molar-refractivity contribution in [3.8, 4) is 5.88 Å². The number of carbonyl (C=O) groups is 1. The van der Waals surface area contributed by atoms with Crippen molar-refractivity contribution in [3.63, 3.8) is 0 Å². The lowest BCUT2D eigenvalue weighted by molar-refractivity contribution is -0.00366. The second-order valence-electron chi connectivity index (χ2n) is 6.36. The standard InChI is InChI=1S/C15H24N4O4/c1-11(20)22-13-12(16-5-6-17-13)18-7-9-19(10-8-18)14(21)23-15(2,3)4/h5-6,11,20H,7-10H2,1-4H3. The summed E-state index contributed by atoms with van der Waals surface area (Å²) in [5, 5.41) is 9.37. The molecule has 1 N–H and O–H groups in total. The van der Waals surface area contributed by atoms with Gasteiger partial charge in [-0.25, -0.2) is 14.8 Å². The average Bonchev–Trinajstić information content (AvgIpc) is 2.45. The number of anilines is 1. The molecule has 1 atom stereocenters. The third-order valence-electron chi connectivity index (χ3n) is 3.16. The lowest BCUT2D eigenvalue weighted by atomic mass is 10.2. The van der Waals surface area contributed by atoms with Crippen LogP contribution in [-0.2, 0) is 4.74 Å². The summed E-state index contributed by atoms with van der Waals surface area (Å²) in [6.45, 7) is 9.29. The smallest absolute Gasteiger partial charge is 0.410 e. The van der Waals surface area contributed by atoms with Gasteiger partial charge in [-0.1, -0.05) is 0 Å². The number of hydrogen-bond acceptors (Lipinski definition) is 7. The molecule has 1 amide bonds. The average molecular weight is 324 g/mol. The second-order valence-corrected chi connectivity index (χ2v) is 6.36. The summed E-state index contributed by atoms with van der Waals surface area (Å²) in [5.74, 6) is 0.852. The summed E-state index contributed by atoms with van der Waals surface area (Å²) >= 11 is 0. The van der Waals surface area contributed by atoms with Crippen LogP contribution >= 0.6 is 0 Å². The molecule has 1 aliphatic heterocycles. The van der Waals surface area contributed by atoms with E-state index in [1.807, 2.05) is 25.7 Å². The van der Waals surface area contributed by atoms with Crippen molar-refractivity contribution in [2.45, 2.75) is 39.6 Å². The normalized spacial score (nSPS) is 16.9. The Bertz CT molecular complexity index is 537. The predicted octanol–water partition coefficient (Wildman–Crippen LogP) is 1.25. The van der Waals surface area contributed by atoms with Gasteiger partial charge in [-0.15, -0.1) is 0 Å². The van der Waals surface area contributed by atoms with Gasteiger partial charge in [-0.3, -0.25) is 0 Å². The summed E-state index contributed by atoms with van der Waals surface area (Å²) < 4.78 is 10.7. The van der Waals surface area contributed by atoms with Crippen LogP contribution in [0.15, 0.2) is 12.4 Å². The van der Waals surface area contributed by atoms with Gasteiger partial charge in [0.25, 0.3) is 5.88 Å². The minimum Gasteiger partial charge on any atom is -0.446 e. The highest BCUT2D eigenvalue weighted by molar-refractivity contribution is 5.68. The van der Waals surface area contributed by atoms with Crippen LogP contribution in [0.5, 0.6) is 5.88 Å². The van der Waals surface area contributed by atoms with Gasteiger partial charge in [-0.2, -0.15) is 0 Å². The zero-order valence-corrected chi connectivity index (χ0v) is 14.0. The Morgan fingerprint density at radius 2 is 1.83 bits per heavy atom. The molecular formula is C15H24N4O4. The van der Waals surface area contributed by atoms with Gasteiger partial charge in [0.2, 0.25) is 0 Å². The fourth-order valence-corrected chi connectivity index (χ4v) is 2.21. The van der Waals surface area contributed by atoms with Crippen molar-refractivity contribution in [2.24, 2.45) is 0 Å². The molecule has 1 unspecified atom stereocenters. The number of aliphatic hydroxyl groups excluding tert-OH is 1. The zero-order valence-electron chi connectivity index (χ0n) is 14.0. The molecule has 1 aromatic rings. The van der Waals surface area contributed by atoms with Crippen molar-refractivity contribution < 1.29 is 19.4 Å². The van der Waals surface area contributed by atoms with Gasteiger partial charge in [0.1, 0.15) is 5.60 Å². The molecule has 2 heterocycles. The highest BCUT2D eigenvalue weighted by Crippen LogP contribution is 2.24. The van der Waals surface area contributed by atoms with Gasteiger partial charge in [-0.05, 0) is 27.7 Å². The van der Waals surface area contributed by atoms with Crippen LogP contribution in [0.25, 0.3) is 0 Å². The van der Waals surface area contributed by atoms with Gasteiger partial charge >= 0.3 is 6.09 Å². The number of carbonyl (C=O) groups excluding carboxylic acids is 1. The topological polar surface area (TPSA) is 88.0 Å². The number of piperazine rings is 1. The van der Waals surface area contributed by atoms with Crippen LogP contribution < -0.4 is 9.64 Å². The molecule has 23 heavy (non-hydrogen) atoms. The highest BCUT2D eigenvalue weighted by atomic mass is 16.6. The largest absolute Gasteiger partial charge is 0.446 e. The number of nitrogens with zero attached hydrogens (tertiary/aromatic N) is 4. The first kappa shape index (κ1) is 17.3. The first-order chi connectivity index (χ1) is 10.8. The minimum absolute atomic E-state index is 0.285. The summed E-state index contributed by atoms with van der Waals surface area (Å²) in [4.78, 5) is 24.1. The molecule has 1 aromatic heterocycles. The van der Waals surface area contributed by atoms with Crippen molar-refractivity contribution in [1.29, 1.82) is 0 Å². The molecule has 0 aliphatic carbocycles. The van der Waals surface area contributed by atoms with Gasteiger partial charge in [0.15, 0.2) is 12.1 Å². The Hall–Kier alpha value is -2.09. The van der Waals surface area contributed by atoms with E-state index in [-0.39, 0.29) is 12.0 Å². The number of ether oxygens (including phenoxy) is 2. The first-order valence-corrected chi connectivity index (χ1v) is 7.65. The summed E-state index contributed by atoms with van der Waals surface area (Å²) in [6.07, 6.45) is 1.81. The second kappa shape index (κ2) is 6.99. The maximum Gasteiger partial charge on any atom is 0.410 e. The molecule has 0 aromatic carbocycles. The number of aromatic nitrogens is 2. The molecule has 0 spiro atoms. The van der Waals surface area contributed by atoms with E-state index in [4.69, 9.17) is 9.47 Å². The van der Waals surface area contributed by atoms with Crippen molar-refractivity contribution in [1.82, 2.24) is 14.9 Å². The molecule has 8 heteroatoms. The fourth-order valence-electron chi connectivity index (χ4n) is 2.21. The molecule has 8 nitrogen and oxygen atoms in total. The predicted molar refractivity (Wildman–Crippen MR) is 84.4 cm³/mol. The molecule has 1 saturated heterocycles. The van der Waals surface area contributed by atoms with Crippen LogP contribution in [-0.4, -0.2) is 64.1 Å². The molecular weight excluding hydrogens is 300 g/mol. The van der Waals surface area contributed by atoms with E-state index in [1.54, 1.807) is 11.1 Å². The van der Waals surface area contributed by atoms with E-state index in [9.17, 15) is 9.90 Å². The third kappa shape index (κ3) is 4.95. The number of aliphatic hydroxyl groups is 1. The van der Waals surface area contributed by atoms with Gasteiger partial charge < -0.3 is 24.4 Å². The molecule has 0 saturated carbocycles. The molecule has 1 fully saturated rings. The summed E-state index contributed by atoms with van der Waals surface area (Å²) in [6, 6.07) is 0. The van der Waals surface area contributed by atoms with Crippen LogP contribution in [0.1, 0.15) is 27.7 Å². The SMILES string of the molecule is CC(O)Oc1nccnc1N1CCN(C(=O)OC(C)(C)C)CC1. The van der Waals surface area contributed by atoms with E-state index < -0.39 is 11.9 Å². The molecule has 1 aliphatic rings. The Balaban J connectivity index is 1.98. The van der Waals surface area contributed by atoms with Gasteiger partial charge in [0.05, 0.1) is 0 Å². The maximum atomic E-state index is 12.1. The molecule has 0 radical (unpaired) electrons. The van der Waals surface area contributed by atoms with Crippen LogP contribution in [0.3, 0.4) is 0 Å². The molecule has 0 bridgehead atoms. The Morgan fingerprint density at radius 3 is 2.39 bits per heavy atom. The number of amides is 1. The monoisotopic (exact) mass is 324 g/mol. The lowest BCUT2D eigenvalue weighted by Gasteiger charge is -2.36. The fraction of sp³-hybridized carbons (Fsp3) is 0.667. The quantitative estimate of drug-likeness (QED) is 0.837. The Kier molecular flexibility index (Phi) is 5.25. The lowest BCUT2D eigenvalue weighted by Crippen LogP contribution is -2.50. The Labute approximate surface area is 136 Å². The maximum absolute atomic E-state index is 12.1. The zero-order chi connectivity index (χ0) is 17.0. The Morgan fingerprint density at radius 1 is 1.22 bits per heavy atom. The number of hydrogen-bond donors (Lipinski definition) is 1. The first-order valence-electron chi connectivity index (χ1n) is 7.65. The van der Waals surface area contributed by atoms with E-state index in [2.05, 4.69) is 9.97 Å². The van der Waals surface area contributed by atoms with E-state index in [0.717, 1.165) is 0 Å². The van der Waals surface area contributed by atoms with Crippen molar-refractivity contribution in [3.05, 3.63) is 12.4 Å². The van der Waals surface area contributed by atoms with Crippen molar-refractivity contribution >= 4 is 11.9 Å². The van der Waals surface area contributed by atoms with Crippen LogP contribution in [0.4, 0.5) is 10.6 Å². The third-order valence-corrected chi connectivity index (χ3v) is 3.16. The van der Waals surface area contributed by atoms with E-state index in [0.29, 0.717) is 32.0 Å². The van der Waals surface area contributed by atoms with Crippen LogP contribution in [0.2, 0.25) is 0 Å². The molecule has 2 rings (SSSR count). The van der Waals surface area contributed by atoms with E-state index in [1.165, 1.54) is 13.1 Å².